The first kappa shape index (κ1) is 19.6. The lowest BCUT2D eigenvalue weighted by Crippen LogP contribution is -2.24. The fourth-order valence-corrected chi connectivity index (χ4v) is 1.94. The van der Waals surface area contributed by atoms with E-state index in [0.717, 1.165) is 0 Å². The molecule has 2 rings (SSSR count). The summed E-state index contributed by atoms with van der Waals surface area (Å²) < 4.78 is 10.2. The van der Waals surface area contributed by atoms with Crippen LogP contribution in [-0.2, 0) is 9.53 Å². The highest BCUT2D eigenvalue weighted by atomic mass is 16.6. The molecule has 9 nitrogen and oxygen atoms in total. The van der Waals surface area contributed by atoms with Gasteiger partial charge in [-0.1, -0.05) is 0 Å². The maximum Gasteiger partial charge on any atom is 0.338 e. The number of rotatable bonds is 8. The van der Waals surface area contributed by atoms with Gasteiger partial charge >= 0.3 is 5.97 Å². The Morgan fingerprint density at radius 3 is 2.41 bits per heavy atom. The van der Waals surface area contributed by atoms with E-state index in [2.05, 4.69) is 10.5 Å². The number of non-ortho nitro benzene ring substituents is 1. The number of ether oxygens (including phenoxy) is 2. The highest BCUT2D eigenvalue weighted by Gasteiger charge is 2.07. The van der Waals surface area contributed by atoms with E-state index in [1.807, 2.05) is 0 Å². The molecule has 0 saturated heterocycles. The van der Waals surface area contributed by atoms with Gasteiger partial charge in [-0.2, -0.15) is 5.10 Å². The second-order valence-corrected chi connectivity index (χ2v) is 5.18. The fraction of sp³-hybridized carbons (Fsp3) is 0.167. The van der Waals surface area contributed by atoms with E-state index < -0.39 is 16.8 Å². The smallest absolute Gasteiger partial charge is 0.338 e. The van der Waals surface area contributed by atoms with Gasteiger partial charge in [-0.15, -0.1) is 0 Å². The minimum absolute atomic E-state index is 0.0291. The van der Waals surface area contributed by atoms with Crippen molar-refractivity contribution in [2.24, 2.45) is 5.10 Å². The number of hydrazone groups is 1. The van der Waals surface area contributed by atoms with Crippen molar-refractivity contribution >= 4 is 23.8 Å². The van der Waals surface area contributed by atoms with Gasteiger partial charge in [0.25, 0.3) is 11.6 Å². The van der Waals surface area contributed by atoms with Gasteiger partial charge in [0, 0.05) is 12.1 Å². The Labute approximate surface area is 154 Å². The van der Waals surface area contributed by atoms with Gasteiger partial charge in [0.05, 0.1) is 23.3 Å². The molecule has 0 aliphatic heterocycles. The van der Waals surface area contributed by atoms with Crippen LogP contribution in [0.2, 0.25) is 0 Å². The van der Waals surface area contributed by atoms with Crippen LogP contribution in [-0.4, -0.2) is 36.2 Å². The number of amides is 1. The van der Waals surface area contributed by atoms with Crippen molar-refractivity contribution in [1.29, 1.82) is 0 Å². The van der Waals surface area contributed by atoms with Crippen LogP contribution in [0, 0.1) is 10.1 Å². The van der Waals surface area contributed by atoms with E-state index in [4.69, 9.17) is 9.47 Å². The molecule has 140 valence electrons. The summed E-state index contributed by atoms with van der Waals surface area (Å²) in [6.07, 6.45) is 1.36. The maximum atomic E-state index is 11.7. The number of hydrogen-bond donors (Lipinski definition) is 1. The number of benzene rings is 2. The van der Waals surface area contributed by atoms with E-state index in [-0.39, 0.29) is 18.9 Å². The van der Waals surface area contributed by atoms with Crippen LogP contribution in [0.4, 0.5) is 5.69 Å². The normalized spacial score (nSPS) is 10.4. The number of nitrogens with one attached hydrogen (secondary N) is 1. The summed E-state index contributed by atoms with van der Waals surface area (Å²) in [5.41, 5.74) is 3.24. The number of nitro groups is 1. The van der Waals surface area contributed by atoms with Crippen LogP contribution in [0.3, 0.4) is 0 Å². The van der Waals surface area contributed by atoms with Crippen molar-refractivity contribution in [3.05, 3.63) is 69.8 Å². The second-order valence-electron chi connectivity index (χ2n) is 5.18. The molecule has 0 aromatic heterocycles. The van der Waals surface area contributed by atoms with Crippen LogP contribution < -0.4 is 10.2 Å². The molecule has 2 aromatic carbocycles. The first-order chi connectivity index (χ1) is 13.0. The second kappa shape index (κ2) is 9.66. The summed E-state index contributed by atoms with van der Waals surface area (Å²) in [7, 11) is 0. The number of carbonyl (C=O) groups is 2. The highest BCUT2D eigenvalue weighted by molar-refractivity contribution is 5.89. The third-order valence-electron chi connectivity index (χ3n) is 3.24. The maximum absolute atomic E-state index is 11.7. The summed E-state index contributed by atoms with van der Waals surface area (Å²) in [5.74, 6) is -0.498. The summed E-state index contributed by atoms with van der Waals surface area (Å²) in [5, 5.41) is 14.3. The predicted molar refractivity (Wildman–Crippen MR) is 96.7 cm³/mol. The van der Waals surface area contributed by atoms with Gasteiger partial charge in [-0.3, -0.25) is 14.9 Å². The molecule has 0 fully saturated rings. The Morgan fingerprint density at radius 1 is 1.15 bits per heavy atom. The van der Waals surface area contributed by atoms with Crippen LogP contribution in [0.1, 0.15) is 22.8 Å². The number of esters is 1. The average molecular weight is 371 g/mol. The molecule has 9 heteroatoms. The van der Waals surface area contributed by atoms with E-state index in [0.29, 0.717) is 16.9 Å². The van der Waals surface area contributed by atoms with Crippen molar-refractivity contribution < 1.29 is 24.0 Å². The van der Waals surface area contributed by atoms with Gasteiger partial charge in [-0.25, -0.2) is 10.2 Å². The number of hydrogen-bond acceptors (Lipinski definition) is 7. The Bertz CT molecular complexity index is 831. The molecule has 27 heavy (non-hydrogen) atoms. The summed E-state index contributed by atoms with van der Waals surface area (Å²) >= 11 is 0. The van der Waals surface area contributed by atoms with Crippen molar-refractivity contribution in [2.75, 3.05) is 13.2 Å². The molecule has 0 spiro atoms. The summed E-state index contributed by atoms with van der Waals surface area (Å²) in [6, 6.07) is 11.9. The third kappa shape index (κ3) is 6.24. The topological polar surface area (TPSA) is 120 Å². The van der Waals surface area contributed by atoms with Crippen molar-refractivity contribution in [3.63, 3.8) is 0 Å². The van der Waals surface area contributed by atoms with Gasteiger partial charge in [0.15, 0.2) is 6.61 Å². The lowest BCUT2D eigenvalue weighted by molar-refractivity contribution is -0.384. The fourth-order valence-electron chi connectivity index (χ4n) is 1.94. The van der Waals surface area contributed by atoms with Gasteiger partial charge in [-0.05, 0) is 48.9 Å². The standard InChI is InChI=1S/C18H17N3O6/c1-2-26-18(23)14-5-9-16(10-6-14)27-12-17(22)20-19-11-13-3-7-15(8-4-13)21(24)25/h3-11H,2,12H2,1H3,(H,20,22)/b19-11+. The first-order valence-corrected chi connectivity index (χ1v) is 7.96. The van der Waals surface area contributed by atoms with Gasteiger partial charge in [0.2, 0.25) is 0 Å². The Kier molecular flexibility index (Phi) is 7.00. The monoisotopic (exact) mass is 371 g/mol. The minimum atomic E-state index is -0.501. The van der Waals surface area contributed by atoms with E-state index in [9.17, 15) is 19.7 Å². The highest BCUT2D eigenvalue weighted by Crippen LogP contribution is 2.13. The summed E-state index contributed by atoms with van der Waals surface area (Å²) in [6.45, 7) is 1.74. The zero-order valence-corrected chi connectivity index (χ0v) is 14.5. The molecular weight excluding hydrogens is 354 g/mol. The zero-order chi connectivity index (χ0) is 19.6. The average Bonchev–Trinajstić information content (AvgIpc) is 2.67. The molecule has 0 aliphatic carbocycles. The van der Waals surface area contributed by atoms with Crippen LogP contribution in [0.25, 0.3) is 0 Å². The third-order valence-corrected chi connectivity index (χ3v) is 3.24. The molecule has 2 aromatic rings. The molecule has 0 saturated carbocycles. The quantitative estimate of drug-likeness (QED) is 0.329. The summed E-state index contributed by atoms with van der Waals surface area (Å²) in [4.78, 5) is 33.3. The van der Waals surface area contributed by atoms with E-state index >= 15 is 0 Å². The van der Waals surface area contributed by atoms with Crippen LogP contribution in [0.15, 0.2) is 53.6 Å². The van der Waals surface area contributed by atoms with E-state index in [1.165, 1.54) is 42.6 Å². The van der Waals surface area contributed by atoms with Crippen LogP contribution in [0.5, 0.6) is 5.75 Å². The molecule has 1 N–H and O–H groups in total. The molecule has 0 unspecified atom stereocenters. The lowest BCUT2D eigenvalue weighted by atomic mass is 10.2. The molecule has 0 atom stereocenters. The Balaban J connectivity index is 1.78. The number of carbonyl (C=O) groups excluding carboxylic acids is 2. The van der Waals surface area contributed by atoms with Crippen molar-refractivity contribution in [1.82, 2.24) is 5.43 Å². The zero-order valence-electron chi connectivity index (χ0n) is 14.5. The molecular formula is C18H17N3O6. The lowest BCUT2D eigenvalue weighted by Gasteiger charge is -2.06. The van der Waals surface area contributed by atoms with Crippen molar-refractivity contribution in [3.8, 4) is 5.75 Å². The van der Waals surface area contributed by atoms with E-state index in [1.54, 1.807) is 19.1 Å². The molecule has 0 radical (unpaired) electrons. The minimum Gasteiger partial charge on any atom is -0.484 e. The molecule has 1 amide bonds. The van der Waals surface area contributed by atoms with Gasteiger partial charge in [0.1, 0.15) is 5.75 Å². The number of nitrogens with zero attached hydrogens (tertiary/aromatic N) is 2. The largest absolute Gasteiger partial charge is 0.484 e. The predicted octanol–water partition coefficient (Wildman–Crippen LogP) is 2.30. The Morgan fingerprint density at radius 2 is 1.81 bits per heavy atom. The van der Waals surface area contributed by atoms with Crippen molar-refractivity contribution in [2.45, 2.75) is 6.92 Å². The first-order valence-electron chi connectivity index (χ1n) is 7.96. The van der Waals surface area contributed by atoms with Crippen LogP contribution >= 0.6 is 0 Å². The van der Waals surface area contributed by atoms with Gasteiger partial charge < -0.3 is 9.47 Å². The molecule has 0 bridgehead atoms. The SMILES string of the molecule is CCOC(=O)c1ccc(OCC(=O)N/N=C/c2ccc([N+](=O)[O-])cc2)cc1. The number of nitro benzene ring substituents is 1. The molecule has 0 aliphatic rings. The Hall–Kier alpha value is -3.75. The molecule has 0 heterocycles.